The number of hydrogen-bond donors (Lipinski definition) is 1. The van der Waals surface area contributed by atoms with E-state index in [1.165, 1.54) is 31.4 Å². The van der Waals surface area contributed by atoms with Crippen LogP contribution < -0.4 is 10.2 Å². The minimum atomic E-state index is -0.298. The third-order valence-corrected chi connectivity index (χ3v) is 5.56. The van der Waals surface area contributed by atoms with E-state index in [1.807, 2.05) is 13.0 Å². The standard InChI is InChI=1S/C21H26FN3OS/c1-3-27-21-19(20(26)23-14-16-8-7-9-17(22)13-16)15(2)12-18(24-21)25-10-5-4-6-11-25/h7-9,12-13H,3-6,10-11,14H2,1-2H3,(H,23,26). The molecule has 1 N–H and O–H groups in total. The summed E-state index contributed by atoms with van der Waals surface area (Å²) in [5.41, 5.74) is 2.29. The average molecular weight is 388 g/mol. The highest BCUT2D eigenvalue weighted by molar-refractivity contribution is 7.99. The van der Waals surface area contributed by atoms with Crippen LogP contribution in [-0.4, -0.2) is 29.7 Å². The summed E-state index contributed by atoms with van der Waals surface area (Å²) >= 11 is 1.59. The first-order valence-electron chi connectivity index (χ1n) is 9.50. The number of nitrogens with one attached hydrogen (secondary N) is 1. The number of thioether (sulfide) groups is 1. The molecule has 1 aromatic carbocycles. The van der Waals surface area contributed by atoms with Crippen LogP contribution in [0.4, 0.5) is 10.2 Å². The molecule has 0 saturated carbocycles. The molecular formula is C21H26FN3OS. The van der Waals surface area contributed by atoms with Gasteiger partial charge in [-0.25, -0.2) is 9.37 Å². The first kappa shape index (κ1) is 19.7. The van der Waals surface area contributed by atoms with Gasteiger partial charge in [0.15, 0.2) is 0 Å². The van der Waals surface area contributed by atoms with Crippen molar-refractivity contribution in [1.29, 1.82) is 0 Å². The Hall–Kier alpha value is -2.08. The van der Waals surface area contributed by atoms with Crippen LogP contribution in [0.3, 0.4) is 0 Å². The van der Waals surface area contributed by atoms with Crippen LogP contribution in [0.15, 0.2) is 35.4 Å². The molecule has 0 radical (unpaired) electrons. The maximum atomic E-state index is 13.3. The second kappa shape index (κ2) is 9.22. The number of piperidine rings is 1. The van der Waals surface area contributed by atoms with Crippen LogP contribution in [0.5, 0.6) is 0 Å². The summed E-state index contributed by atoms with van der Waals surface area (Å²) in [7, 11) is 0. The molecule has 144 valence electrons. The molecule has 2 aromatic rings. The van der Waals surface area contributed by atoms with Crippen LogP contribution in [0.25, 0.3) is 0 Å². The van der Waals surface area contributed by atoms with Crippen molar-refractivity contribution in [2.75, 3.05) is 23.7 Å². The Morgan fingerprint density at radius 2 is 2.04 bits per heavy atom. The van der Waals surface area contributed by atoms with Crippen molar-refractivity contribution < 1.29 is 9.18 Å². The highest BCUT2D eigenvalue weighted by Crippen LogP contribution is 2.28. The molecule has 1 fully saturated rings. The van der Waals surface area contributed by atoms with Crippen LogP contribution >= 0.6 is 11.8 Å². The van der Waals surface area contributed by atoms with E-state index in [-0.39, 0.29) is 11.7 Å². The highest BCUT2D eigenvalue weighted by Gasteiger charge is 2.20. The van der Waals surface area contributed by atoms with Crippen LogP contribution in [0.1, 0.15) is 47.7 Å². The summed E-state index contributed by atoms with van der Waals surface area (Å²) in [6.07, 6.45) is 3.65. The number of benzene rings is 1. The van der Waals surface area contributed by atoms with Crippen molar-refractivity contribution in [2.24, 2.45) is 0 Å². The maximum absolute atomic E-state index is 13.3. The average Bonchev–Trinajstić information content (AvgIpc) is 2.67. The predicted octanol–water partition coefficient (Wildman–Crippen LogP) is 4.56. The monoisotopic (exact) mass is 387 g/mol. The fourth-order valence-electron chi connectivity index (χ4n) is 3.35. The largest absolute Gasteiger partial charge is 0.357 e. The molecule has 0 bridgehead atoms. The molecule has 2 heterocycles. The third-order valence-electron chi connectivity index (χ3n) is 4.70. The summed E-state index contributed by atoms with van der Waals surface area (Å²) in [6.45, 7) is 6.36. The van der Waals surface area contributed by atoms with Gasteiger partial charge in [0.1, 0.15) is 16.7 Å². The van der Waals surface area contributed by atoms with Gasteiger partial charge in [0, 0.05) is 19.6 Å². The number of aromatic nitrogens is 1. The summed E-state index contributed by atoms with van der Waals surface area (Å²) in [6, 6.07) is 8.30. The quantitative estimate of drug-likeness (QED) is 0.738. The predicted molar refractivity (Wildman–Crippen MR) is 109 cm³/mol. The number of amides is 1. The minimum absolute atomic E-state index is 0.162. The molecule has 3 rings (SSSR count). The number of hydrogen-bond acceptors (Lipinski definition) is 4. The summed E-state index contributed by atoms with van der Waals surface area (Å²) in [4.78, 5) is 20.0. The van der Waals surface area contributed by atoms with Crippen molar-refractivity contribution in [3.8, 4) is 0 Å². The van der Waals surface area contributed by atoms with E-state index < -0.39 is 0 Å². The Balaban J connectivity index is 1.81. The number of carbonyl (C=O) groups excluding carboxylic acids is 1. The molecule has 0 unspecified atom stereocenters. The second-order valence-electron chi connectivity index (χ2n) is 6.77. The lowest BCUT2D eigenvalue weighted by molar-refractivity contribution is 0.0946. The molecule has 0 atom stereocenters. The van der Waals surface area contributed by atoms with E-state index in [0.29, 0.717) is 12.1 Å². The van der Waals surface area contributed by atoms with Gasteiger partial charge in [-0.2, -0.15) is 0 Å². The zero-order chi connectivity index (χ0) is 19.2. The van der Waals surface area contributed by atoms with E-state index >= 15 is 0 Å². The van der Waals surface area contributed by atoms with Crippen molar-refractivity contribution in [1.82, 2.24) is 10.3 Å². The van der Waals surface area contributed by atoms with Crippen LogP contribution in [0, 0.1) is 12.7 Å². The summed E-state index contributed by atoms with van der Waals surface area (Å²) in [5.74, 6) is 1.35. The van der Waals surface area contributed by atoms with Crippen molar-refractivity contribution >= 4 is 23.5 Å². The Bertz CT molecular complexity index is 806. The number of anilines is 1. The van der Waals surface area contributed by atoms with Crippen LogP contribution in [-0.2, 0) is 6.54 Å². The lowest BCUT2D eigenvalue weighted by Gasteiger charge is -2.28. The molecule has 27 heavy (non-hydrogen) atoms. The maximum Gasteiger partial charge on any atom is 0.254 e. The number of pyridine rings is 1. The van der Waals surface area contributed by atoms with Gasteiger partial charge >= 0.3 is 0 Å². The van der Waals surface area contributed by atoms with Gasteiger partial charge in [-0.1, -0.05) is 19.1 Å². The number of carbonyl (C=O) groups is 1. The molecule has 4 nitrogen and oxygen atoms in total. The normalized spacial score (nSPS) is 14.3. The Morgan fingerprint density at radius 3 is 2.74 bits per heavy atom. The van der Waals surface area contributed by atoms with E-state index in [9.17, 15) is 9.18 Å². The van der Waals surface area contributed by atoms with Crippen LogP contribution in [0.2, 0.25) is 0 Å². The topological polar surface area (TPSA) is 45.2 Å². The van der Waals surface area contributed by atoms with Crippen molar-refractivity contribution in [3.63, 3.8) is 0 Å². The van der Waals surface area contributed by atoms with E-state index in [4.69, 9.17) is 4.98 Å². The molecule has 0 spiro atoms. The minimum Gasteiger partial charge on any atom is -0.357 e. The summed E-state index contributed by atoms with van der Waals surface area (Å²) < 4.78 is 13.3. The van der Waals surface area contributed by atoms with Crippen molar-refractivity contribution in [3.05, 3.63) is 52.8 Å². The van der Waals surface area contributed by atoms with Gasteiger partial charge in [0.25, 0.3) is 5.91 Å². The van der Waals surface area contributed by atoms with Crippen molar-refractivity contribution in [2.45, 2.75) is 44.7 Å². The van der Waals surface area contributed by atoms with Gasteiger partial charge in [0.2, 0.25) is 0 Å². The first-order chi connectivity index (χ1) is 13.1. The molecule has 1 amide bonds. The van der Waals surface area contributed by atoms with E-state index in [2.05, 4.69) is 17.1 Å². The van der Waals surface area contributed by atoms with Gasteiger partial charge in [-0.05, 0) is 61.3 Å². The molecular weight excluding hydrogens is 361 g/mol. The fraction of sp³-hybridized carbons (Fsp3) is 0.429. The lowest BCUT2D eigenvalue weighted by Crippen LogP contribution is -2.31. The molecule has 1 aliphatic heterocycles. The zero-order valence-electron chi connectivity index (χ0n) is 15.9. The molecule has 1 aromatic heterocycles. The zero-order valence-corrected chi connectivity index (χ0v) is 16.7. The Kier molecular flexibility index (Phi) is 6.72. The first-order valence-corrected chi connectivity index (χ1v) is 10.5. The smallest absolute Gasteiger partial charge is 0.254 e. The second-order valence-corrected chi connectivity index (χ2v) is 8.02. The highest BCUT2D eigenvalue weighted by atomic mass is 32.2. The third kappa shape index (κ3) is 5.01. The van der Waals surface area contributed by atoms with E-state index in [0.717, 1.165) is 40.8 Å². The molecule has 1 aliphatic rings. The van der Waals surface area contributed by atoms with Gasteiger partial charge in [-0.15, -0.1) is 11.8 Å². The Morgan fingerprint density at radius 1 is 1.26 bits per heavy atom. The fourth-order valence-corrected chi connectivity index (χ4v) is 4.18. The SMILES string of the molecule is CCSc1nc(N2CCCCC2)cc(C)c1C(=O)NCc1cccc(F)c1. The lowest BCUT2D eigenvalue weighted by atomic mass is 10.1. The molecule has 1 saturated heterocycles. The van der Waals surface area contributed by atoms with Gasteiger partial charge < -0.3 is 10.2 Å². The summed E-state index contributed by atoms with van der Waals surface area (Å²) in [5, 5.41) is 3.68. The number of nitrogens with zero attached hydrogens (tertiary/aromatic N) is 2. The molecule has 6 heteroatoms. The molecule has 0 aliphatic carbocycles. The Labute approximate surface area is 164 Å². The van der Waals surface area contributed by atoms with Gasteiger partial charge in [-0.3, -0.25) is 4.79 Å². The van der Waals surface area contributed by atoms with E-state index in [1.54, 1.807) is 23.9 Å². The number of aryl methyl sites for hydroxylation is 1. The van der Waals surface area contributed by atoms with Gasteiger partial charge in [0.05, 0.1) is 5.56 Å². The number of rotatable bonds is 6. The number of halogens is 1.